The molecule has 4 heteroatoms. The SMILES string of the molecule is CCc1ccc(C2=NN3[C@H](C2)c2ccccc2O[C@@H]3c2ccc(Cl)cc2)cc1. The van der Waals surface area contributed by atoms with E-state index in [2.05, 4.69) is 48.3 Å². The van der Waals surface area contributed by atoms with Crippen LogP contribution in [0.15, 0.2) is 77.9 Å². The number of hydrazone groups is 1. The smallest absolute Gasteiger partial charge is 0.213 e. The van der Waals surface area contributed by atoms with E-state index in [9.17, 15) is 0 Å². The van der Waals surface area contributed by atoms with Gasteiger partial charge in [0.1, 0.15) is 5.75 Å². The van der Waals surface area contributed by atoms with Crippen LogP contribution in [0.1, 0.15) is 47.9 Å². The number of nitrogens with zero attached hydrogens (tertiary/aromatic N) is 2. The van der Waals surface area contributed by atoms with Crippen molar-refractivity contribution in [1.82, 2.24) is 5.01 Å². The maximum atomic E-state index is 6.37. The molecule has 0 fully saturated rings. The van der Waals surface area contributed by atoms with E-state index in [0.29, 0.717) is 0 Å². The highest BCUT2D eigenvalue weighted by atomic mass is 35.5. The number of rotatable bonds is 3. The Bertz CT molecular complexity index is 1030. The zero-order chi connectivity index (χ0) is 19.1. The molecule has 3 aromatic rings. The predicted molar refractivity (Wildman–Crippen MR) is 113 cm³/mol. The van der Waals surface area contributed by atoms with Crippen LogP contribution in [0.2, 0.25) is 5.02 Å². The van der Waals surface area contributed by atoms with Crippen LogP contribution in [0.25, 0.3) is 0 Å². The van der Waals surface area contributed by atoms with Crippen molar-refractivity contribution < 1.29 is 4.74 Å². The molecule has 0 saturated carbocycles. The van der Waals surface area contributed by atoms with Crippen LogP contribution in [-0.2, 0) is 6.42 Å². The summed E-state index contributed by atoms with van der Waals surface area (Å²) in [4.78, 5) is 0. The Morgan fingerprint density at radius 3 is 2.50 bits per heavy atom. The molecule has 0 N–H and O–H groups in total. The van der Waals surface area contributed by atoms with Gasteiger partial charge in [0.25, 0.3) is 0 Å². The van der Waals surface area contributed by atoms with Gasteiger partial charge in [-0.2, -0.15) is 5.10 Å². The summed E-state index contributed by atoms with van der Waals surface area (Å²) >= 11 is 6.09. The lowest BCUT2D eigenvalue weighted by Gasteiger charge is -2.38. The lowest BCUT2D eigenvalue weighted by atomic mass is 9.95. The summed E-state index contributed by atoms with van der Waals surface area (Å²) < 4.78 is 6.37. The van der Waals surface area contributed by atoms with Gasteiger partial charge in [-0.05, 0) is 35.7 Å². The molecule has 5 rings (SSSR count). The molecule has 0 aliphatic carbocycles. The van der Waals surface area contributed by atoms with Crippen molar-refractivity contribution in [2.75, 3.05) is 0 Å². The Hall–Kier alpha value is -2.78. The van der Waals surface area contributed by atoms with Crippen molar-refractivity contribution in [2.24, 2.45) is 5.10 Å². The van der Waals surface area contributed by atoms with Gasteiger partial charge >= 0.3 is 0 Å². The van der Waals surface area contributed by atoms with E-state index >= 15 is 0 Å². The Labute approximate surface area is 170 Å². The fourth-order valence-corrected chi connectivity index (χ4v) is 4.11. The minimum Gasteiger partial charge on any atom is -0.464 e. The Morgan fingerprint density at radius 1 is 1.00 bits per heavy atom. The maximum Gasteiger partial charge on any atom is 0.213 e. The molecule has 3 aromatic carbocycles. The summed E-state index contributed by atoms with van der Waals surface area (Å²) in [6.07, 6.45) is 1.65. The van der Waals surface area contributed by atoms with Gasteiger partial charge in [-0.15, -0.1) is 0 Å². The van der Waals surface area contributed by atoms with Crippen LogP contribution in [0.5, 0.6) is 5.75 Å². The lowest BCUT2D eigenvalue weighted by molar-refractivity contribution is -0.0190. The third kappa shape index (κ3) is 2.96. The normalized spacial score (nSPS) is 20.2. The first-order chi connectivity index (χ1) is 13.7. The number of benzene rings is 3. The number of fused-ring (bicyclic) bond motifs is 3. The first-order valence-electron chi connectivity index (χ1n) is 9.69. The van der Waals surface area contributed by atoms with Crippen LogP contribution in [0.4, 0.5) is 0 Å². The summed E-state index contributed by atoms with van der Waals surface area (Å²) in [6.45, 7) is 2.17. The van der Waals surface area contributed by atoms with Gasteiger partial charge in [-0.25, -0.2) is 5.01 Å². The molecule has 2 atom stereocenters. The van der Waals surface area contributed by atoms with E-state index in [0.717, 1.165) is 34.9 Å². The van der Waals surface area contributed by atoms with Crippen LogP contribution < -0.4 is 4.74 Å². The van der Waals surface area contributed by atoms with Gasteiger partial charge in [0.05, 0.1) is 11.8 Å². The van der Waals surface area contributed by atoms with Crippen molar-refractivity contribution in [1.29, 1.82) is 0 Å². The number of aryl methyl sites for hydroxylation is 1. The molecule has 0 spiro atoms. The number of ether oxygens (including phenoxy) is 1. The van der Waals surface area contributed by atoms with E-state index in [1.807, 2.05) is 36.4 Å². The molecule has 0 amide bonds. The van der Waals surface area contributed by atoms with Gasteiger partial charge < -0.3 is 4.74 Å². The third-order valence-electron chi connectivity index (χ3n) is 5.55. The van der Waals surface area contributed by atoms with E-state index in [4.69, 9.17) is 21.4 Å². The first kappa shape index (κ1) is 17.3. The molecule has 2 aliphatic rings. The predicted octanol–water partition coefficient (Wildman–Crippen LogP) is 6.14. The van der Waals surface area contributed by atoms with Crippen molar-refractivity contribution in [3.05, 3.63) is 100 Å². The Kier molecular flexibility index (Phi) is 4.33. The van der Waals surface area contributed by atoms with Gasteiger partial charge in [-0.1, -0.05) is 73.1 Å². The van der Waals surface area contributed by atoms with Crippen molar-refractivity contribution in [3.8, 4) is 5.75 Å². The molecule has 0 radical (unpaired) electrons. The molecule has 0 aromatic heterocycles. The monoisotopic (exact) mass is 388 g/mol. The van der Waals surface area contributed by atoms with Crippen molar-refractivity contribution in [3.63, 3.8) is 0 Å². The number of hydrogen-bond donors (Lipinski definition) is 0. The van der Waals surface area contributed by atoms with Gasteiger partial charge in [-0.3, -0.25) is 0 Å². The molecule has 3 nitrogen and oxygen atoms in total. The average Bonchev–Trinajstić information content (AvgIpc) is 3.20. The van der Waals surface area contributed by atoms with E-state index < -0.39 is 0 Å². The fraction of sp³-hybridized carbons (Fsp3) is 0.208. The van der Waals surface area contributed by atoms with Crippen LogP contribution in [-0.4, -0.2) is 10.7 Å². The minimum atomic E-state index is -0.260. The van der Waals surface area contributed by atoms with Gasteiger partial charge in [0, 0.05) is 22.6 Å². The quantitative estimate of drug-likeness (QED) is 0.538. The second-order valence-electron chi connectivity index (χ2n) is 7.26. The molecule has 28 heavy (non-hydrogen) atoms. The van der Waals surface area contributed by atoms with E-state index in [-0.39, 0.29) is 12.3 Å². The van der Waals surface area contributed by atoms with E-state index in [1.165, 1.54) is 16.7 Å². The van der Waals surface area contributed by atoms with Crippen molar-refractivity contribution >= 4 is 17.3 Å². The average molecular weight is 389 g/mol. The molecule has 0 unspecified atom stereocenters. The highest BCUT2D eigenvalue weighted by molar-refractivity contribution is 6.30. The van der Waals surface area contributed by atoms with E-state index in [1.54, 1.807) is 0 Å². The summed E-state index contributed by atoms with van der Waals surface area (Å²) in [6, 6.07) is 25.0. The summed E-state index contributed by atoms with van der Waals surface area (Å²) in [5.41, 5.74) is 5.87. The molecule has 140 valence electrons. The highest BCUT2D eigenvalue weighted by Gasteiger charge is 2.40. The molecular weight excluding hydrogens is 368 g/mol. The molecule has 0 bridgehead atoms. The molecular formula is C24H21ClN2O. The number of halogens is 1. The van der Waals surface area contributed by atoms with Crippen LogP contribution in [0.3, 0.4) is 0 Å². The summed E-state index contributed by atoms with van der Waals surface area (Å²) in [5.74, 6) is 0.932. The van der Waals surface area contributed by atoms with Gasteiger partial charge in [0.15, 0.2) is 0 Å². The minimum absolute atomic E-state index is 0.173. The van der Waals surface area contributed by atoms with Crippen LogP contribution >= 0.6 is 11.6 Å². The van der Waals surface area contributed by atoms with Crippen LogP contribution in [0, 0.1) is 0 Å². The fourth-order valence-electron chi connectivity index (χ4n) is 3.99. The molecule has 0 saturated heterocycles. The number of para-hydroxylation sites is 1. The number of hydrogen-bond acceptors (Lipinski definition) is 3. The summed E-state index contributed by atoms with van der Waals surface area (Å²) in [7, 11) is 0. The largest absolute Gasteiger partial charge is 0.464 e. The second-order valence-corrected chi connectivity index (χ2v) is 7.69. The Balaban J connectivity index is 1.56. The molecule has 2 aliphatic heterocycles. The third-order valence-corrected chi connectivity index (χ3v) is 5.80. The Morgan fingerprint density at radius 2 is 1.75 bits per heavy atom. The van der Waals surface area contributed by atoms with Gasteiger partial charge in [0.2, 0.25) is 6.23 Å². The van der Waals surface area contributed by atoms with Crippen molar-refractivity contribution in [2.45, 2.75) is 32.0 Å². The summed E-state index contributed by atoms with van der Waals surface area (Å²) in [5, 5.41) is 7.83. The molecule has 2 heterocycles. The lowest BCUT2D eigenvalue weighted by Crippen LogP contribution is -2.33. The zero-order valence-corrected chi connectivity index (χ0v) is 16.4. The maximum absolute atomic E-state index is 6.37. The second kappa shape index (κ2) is 6.99. The first-order valence-corrected chi connectivity index (χ1v) is 10.1. The highest BCUT2D eigenvalue weighted by Crippen LogP contribution is 2.47. The topological polar surface area (TPSA) is 24.8 Å². The zero-order valence-electron chi connectivity index (χ0n) is 15.7. The standard InChI is InChI=1S/C24H21ClN2O/c1-2-16-7-9-17(10-8-16)21-15-22-20-5-3-4-6-23(20)28-24(27(22)26-21)18-11-13-19(25)14-12-18/h3-14,22,24H,2,15H2,1H3/t22-,24-/m1/s1.